The molecule has 1 aromatic heterocycles. The van der Waals surface area contributed by atoms with Gasteiger partial charge in [0.15, 0.2) is 5.82 Å². The first kappa shape index (κ1) is 17.8. The molecule has 25 heavy (non-hydrogen) atoms. The van der Waals surface area contributed by atoms with E-state index in [1.807, 2.05) is 28.9 Å². The molecule has 0 radical (unpaired) electrons. The molecule has 1 aromatic carbocycles. The molecule has 134 valence electrons. The number of nitrogens with one attached hydrogen (secondary N) is 2. The third-order valence-corrected chi connectivity index (χ3v) is 4.21. The van der Waals surface area contributed by atoms with E-state index in [1.54, 1.807) is 0 Å². The molecule has 8 nitrogen and oxygen atoms in total. The molecule has 1 unspecified atom stereocenters. The molecular weight excluding hydrogens is 344 g/mol. The summed E-state index contributed by atoms with van der Waals surface area (Å²) in [5, 5.41) is 18.1. The molecule has 1 aliphatic heterocycles. The highest BCUT2D eigenvalue weighted by Crippen LogP contribution is 2.36. The molecule has 2 fully saturated rings. The molecular formula is C16H21ClN6O2. The van der Waals surface area contributed by atoms with Crippen molar-refractivity contribution >= 4 is 24.0 Å². The molecule has 2 N–H and O–H groups in total. The zero-order valence-corrected chi connectivity index (χ0v) is 14.5. The summed E-state index contributed by atoms with van der Waals surface area (Å²) in [6.07, 6.45) is 2.51. The van der Waals surface area contributed by atoms with Gasteiger partial charge in [0.05, 0.1) is 25.2 Å². The number of tetrazole rings is 1. The molecule has 9 heteroatoms. The summed E-state index contributed by atoms with van der Waals surface area (Å²) in [7, 11) is 0. The van der Waals surface area contributed by atoms with Crippen molar-refractivity contribution in [2.75, 3.05) is 25.0 Å². The zero-order valence-electron chi connectivity index (χ0n) is 13.7. The Labute approximate surface area is 151 Å². The molecule has 1 saturated heterocycles. The van der Waals surface area contributed by atoms with Crippen LogP contribution in [-0.4, -0.2) is 51.9 Å². The van der Waals surface area contributed by atoms with E-state index in [1.165, 1.54) is 0 Å². The number of hydrogen-bond donors (Lipinski definition) is 2. The van der Waals surface area contributed by atoms with E-state index in [-0.39, 0.29) is 24.4 Å². The molecule has 0 bridgehead atoms. The number of benzene rings is 1. The van der Waals surface area contributed by atoms with Gasteiger partial charge in [-0.05, 0) is 35.4 Å². The summed E-state index contributed by atoms with van der Waals surface area (Å²) in [6.45, 7) is 2.21. The number of carbonyl (C=O) groups is 1. The van der Waals surface area contributed by atoms with Crippen LogP contribution in [0.25, 0.3) is 11.4 Å². The summed E-state index contributed by atoms with van der Waals surface area (Å²) < 4.78 is 7.43. The first-order chi connectivity index (χ1) is 11.8. The van der Waals surface area contributed by atoms with Crippen LogP contribution in [0.3, 0.4) is 0 Å². The van der Waals surface area contributed by atoms with Gasteiger partial charge in [0, 0.05) is 24.3 Å². The first-order valence-corrected chi connectivity index (χ1v) is 8.30. The Bertz CT molecular complexity index is 727. The highest BCUT2D eigenvalue weighted by Gasteiger charge is 2.28. The van der Waals surface area contributed by atoms with Crippen molar-refractivity contribution in [3.05, 3.63) is 24.3 Å². The standard InChI is InChI=1S/C16H20N6O2.ClH/c23-15(9-14-10-17-6-7-24-14)18-12-3-1-2-11(8-12)16-19-20-21-22(16)13-4-5-13;/h1-3,8,13-14,17H,4-7,9-10H2,(H,18,23);1H. The van der Waals surface area contributed by atoms with Crippen molar-refractivity contribution in [2.24, 2.45) is 0 Å². The van der Waals surface area contributed by atoms with Crippen molar-refractivity contribution in [2.45, 2.75) is 31.4 Å². The average molecular weight is 365 g/mol. The number of nitrogens with zero attached hydrogens (tertiary/aromatic N) is 4. The van der Waals surface area contributed by atoms with Crippen LogP contribution in [0.5, 0.6) is 0 Å². The van der Waals surface area contributed by atoms with Gasteiger partial charge >= 0.3 is 0 Å². The van der Waals surface area contributed by atoms with Crippen LogP contribution >= 0.6 is 12.4 Å². The van der Waals surface area contributed by atoms with Crippen LogP contribution < -0.4 is 10.6 Å². The van der Waals surface area contributed by atoms with Crippen LogP contribution in [0.4, 0.5) is 5.69 Å². The predicted molar refractivity (Wildman–Crippen MR) is 94.6 cm³/mol. The highest BCUT2D eigenvalue weighted by atomic mass is 35.5. The summed E-state index contributed by atoms with van der Waals surface area (Å²) in [5.74, 6) is 0.691. The molecule has 1 saturated carbocycles. The van der Waals surface area contributed by atoms with E-state index in [0.717, 1.165) is 36.5 Å². The van der Waals surface area contributed by atoms with Gasteiger partial charge in [-0.3, -0.25) is 4.79 Å². The quantitative estimate of drug-likeness (QED) is 0.833. The molecule has 4 rings (SSSR count). The van der Waals surface area contributed by atoms with Crippen LogP contribution in [0.15, 0.2) is 24.3 Å². The lowest BCUT2D eigenvalue weighted by molar-refractivity contribution is -0.119. The van der Waals surface area contributed by atoms with Crippen molar-refractivity contribution in [3.63, 3.8) is 0 Å². The van der Waals surface area contributed by atoms with Crippen LogP contribution in [0, 0.1) is 0 Å². The maximum Gasteiger partial charge on any atom is 0.227 e. The Morgan fingerprint density at radius 3 is 3.04 bits per heavy atom. The van der Waals surface area contributed by atoms with Crippen LogP contribution in [0.2, 0.25) is 0 Å². The molecule has 1 amide bonds. The predicted octanol–water partition coefficient (Wildman–Crippen LogP) is 1.41. The fourth-order valence-electron chi connectivity index (χ4n) is 2.85. The lowest BCUT2D eigenvalue weighted by Crippen LogP contribution is -2.40. The third kappa shape index (κ3) is 4.33. The van der Waals surface area contributed by atoms with Gasteiger partial charge in [-0.15, -0.1) is 17.5 Å². The van der Waals surface area contributed by atoms with E-state index in [2.05, 4.69) is 26.2 Å². The number of amides is 1. The summed E-state index contributed by atoms with van der Waals surface area (Å²) in [6, 6.07) is 8.03. The normalized spacial score (nSPS) is 19.9. The Hall–Kier alpha value is -2.03. The zero-order chi connectivity index (χ0) is 16.4. The minimum Gasteiger partial charge on any atom is -0.375 e. The molecule has 2 heterocycles. The number of halogens is 1. The maximum atomic E-state index is 12.2. The fraction of sp³-hybridized carbons (Fsp3) is 0.500. The van der Waals surface area contributed by atoms with Gasteiger partial charge in [-0.1, -0.05) is 12.1 Å². The van der Waals surface area contributed by atoms with Gasteiger partial charge < -0.3 is 15.4 Å². The number of ether oxygens (including phenoxy) is 1. The Kier molecular flexibility index (Phi) is 5.62. The Balaban J connectivity index is 0.00000182. The van der Waals surface area contributed by atoms with Gasteiger partial charge in [-0.25, -0.2) is 4.68 Å². The minimum atomic E-state index is -0.0657. The molecule has 2 aliphatic rings. The van der Waals surface area contributed by atoms with Gasteiger partial charge in [0.2, 0.25) is 5.91 Å². The lowest BCUT2D eigenvalue weighted by Gasteiger charge is -2.23. The number of rotatable bonds is 5. The molecule has 1 atom stereocenters. The lowest BCUT2D eigenvalue weighted by atomic mass is 10.1. The highest BCUT2D eigenvalue weighted by molar-refractivity contribution is 5.91. The Morgan fingerprint density at radius 2 is 2.28 bits per heavy atom. The van der Waals surface area contributed by atoms with E-state index in [9.17, 15) is 4.79 Å². The van der Waals surface area contributed by atoms with E-state index in [4.69, 9.17) is 4.74 Å². The summed E-state index contributed by atoms with van der Waals surface area (Å²) in [4.78, 5) is 12.2. The van der Waals surface area contributed by atoms with Crippen LogP contribution in [-0.2, 0) is 9.53 Å². The molecule has 2 aromatic rings. The topological polar surface area (TPSA) is 94.0 Å². The SMILES string of the molecule is Cl.O=C(CC1CNCCO1)Nc1cccc(-c2nnnn2C2CC2)c1. The second-order valence-electron chi connectivity index (χ2n) is 6.21. The monoisotopic (exact) mass is 364 g/mol. The molecule has 0 spiro atoms. The summed E-state index contributed by atoms with van der Waals surface area (Å²) >= 11 is 0. The number of carbonyl (C=O) groups excluding carboxylic acids is 1. The van der Waals surface area contributed by atoms with Gasteiger partial charge in [0.1, 0.15) is 0 Å². The van der Waals surface area contributed by atoms with E-state index in [0.29, 0.717) is 25.6 Å². The number of aromatic nitrogens is 4. The second kappa shape index (κ2) is 7.90. The van der Waals surface area contributed by atoms with Gasteiger partial charge in [0.25, 0.3) is 0 Å². The smallest absolute Gasteiger partial charge is 0.227 e. The van der Waals surface area contributed by atoms with Crippen molar-refractivity contribution < 1.29 is 9.53 Å². The number of anilines is 1. The van der Waals surface area contributed by atoms with Gasteiger partial charge in [-0.2, -0.15) is 0 Å². The number of morpholine rings is 1. The Morgan fingerprint density at radius 1 is 1.40 bits per heavy atom. The largest absolute Gasteiger partial charge is 0.375 e. The second-order valence-corrected chi connectivity index (χ2v) is 6.21. The summed E-state index contributed by atoms with van der Waals surface area (Å²) in [5.41, 5.74) is 1.65. The average Bonchev–Trinajstić information content (AvgIpc) is 3.32. The van der Waals surface area contributed by atoms with Crippen molar-refractivity contribution in [1.82, 2.24) is 25.5 Å². The maximum absolute atomic E-state index is 12.2. The fourth-order valence-corrected chi connectivity index (χ4v) is 2.85. The minimum absolute atomic E-state index is 0. The first-order valence-electron chi connectivity index (χ1n) is 8.30. The molecule has 1 aliphatic carbocycles. The van der Waals surface area contributed by atoms with Crippen LogP contribution in [0.1, 0.15) is 25.3 Å². The van der Waals surface area contributed by atoms with E-state index >= 15 is 0 Å². The van der Waals surface area contributed by atoms with Crippen molar-refractivity contribution in [3.8, 4) is 11.4 Å². The van der Waals surface area contributed by atoms with Crippen molar-refractivity contribution in [1.29, 1.82) is 0 Å². The van der Waals surface area contributed by atoms with E-state index < -0.39 is 0 Å². The number of hydrogen-bond acceptors (Lipinski definition) is 6. The third-order valence-electron chi connectivity index (χ3n) is 4.21.